The van der Waals surface area contributed by atoms with Crippen molar-refractivity contribution in [2.75, 3.05) is 7.05 Å². The van der Waals surface area contributed by atoms with Gasteiger partial charge in [-0.25, -0.2) is 0 Å². The van der Waals surface area contributed by atoms with Crippen LogP contribution in [0.3, 0.4) is 0 Å². The smallest absolute Gasteiger partial charge is 0.142 e. The molecule has 2 aromatic rings. The fraction of sp³-hybridized carbons (Fsp3) is 0.188. The van der Waals surface area contributed by atoms with Crippen LogP contribution >= 0.6 is 23.2 Å². The molecule has 0 bridgehead atoms. The topological polar surface area (TPSA) is 45.0 Å². The van der Waals surface area contributed by atoms with Gasteiger partial charge in [-0.05, 0) is 25.2 Å². The van der Waals surface area contributed by atoms with E-state index < -0.39 is 0 Å². The molecule has 0 atom stereocenters. The summed E-state index contributed by atoms with van der Waals surface area (Å²) in [4.78, 5) is 0. The molecule has 5 heteroatoms. The predicted molar refractivity (Wildman–Crippen MR) is 84.7 cm³/mol. The molecule has 21 heavy (non-hydrogen) atoms. The van der Waals surface area contributed by atoms with E-state index in [4.69, 9.17) is 33.2 Å². The van der Waals surface area contributed by atoms with Gasteiger partial charge in [-0.1, -0.05) is 41.4 Å². The van der Waals surface area contributed by atoms with Crippen LogP contribution in [0.5, 0.6) is 5.75 Å². The Morgan fingerprint density at radius 3 is 2.67 bits per heavy atom. The average Bonchev–Trinajstić information content (AvgIpc) is 2.47. The largest absolute Gasteiger partial charge is 0.487 e. The third-order valence-corrected chi connectivity index (χ3v) is 3.46. The molecule has 0 radical (unpaired) electrons. The van der Waals surface area contributed by atoms with Crippen molar-refractivity contribution in [2.45, 2.75) is 13.2 Å². The van der Waals surface area contributed by atoms with Gasteiger partial charge in [0, 0.05) is 22.7 Å². The van der Waals surface area contributed by atoms with E-state index in [1.807, 2.05) is 31.3 Å². The highest BCUT2D eigenvalue weighted by Crippen LogP contribution is 2.33. The Morgan fingerprint density at radius 2 is 1.95 bits per heavy atom. The zero-order chi connectivity index (χ0) is 15.2. The van der Waals surface area contributed by atoms with Gasteiger partial charge in [-0.2, -0.15) is 5.26 Å². The van der Waals surface area contributed by atoms with E-state index in [-0.39, 0.29) is 6.61 Å². The molecule has 0 saturated carbocycles. The SMILES string of the molecule is CNCc1cc(Cl)cc(Cl)c1OCc1ccccc1C#N. The van der Waals surface area contributed by atoms with Gasteiger partial charge in [0.2, 0.25) is 0 Å². The molecule has 0 aliphatic carbocycles. The third kappa shape index (κ3) is 3.89. The molecule has 0 saturated heterocycles. The van der Waals surface area contributed by atoms with Crippen molar-refractivity contribution in [3.8, 4) is 11.8 Å². The Bertz CT molecular complexity index is 680. The standard InChI is InChI=1S/C16H14Cl2N2O/c1-20-9-13-6-14(17)7-15(18)16(13)21-10-12-5-3-2-4-11(12)8-19/h2-7,20H,9-10H2,1H3. The molecule has 2 rings (SSSR count). The highest BCUT2D eigenvalue weighted by Gasteiger charge is 2.11. The lowest BCUT2D eigenvalue weighted by atomic mass is 10.1. The zero-order valence-electron chi connectivity index (χ0n) is 11.5. The number of hydrogen-bond acceptors (Lipinski definition) is 3. The van der Waals surface area contributed by atoms with Gasteiger partial charge in [-0.15, -0.1) is 0 Å². The molecule has 0 amide bonds. The third-order valence-electron chi connectivity index (χ3n) is 2.96. The Labute approximate surface area is 134 Å². The van der Waals surface area contributed by atoms with E-state index in [0.717, 1.165) is 11.1 Å². The maximum atomic E-state index is 9.09. The second kappa shape index (κ2) is 7.33. The summed E-state index contributed by atoms with van der Waals surface area (Å²) in [5, 5.41) is 13.2. The first-order valence-corrected chi connectivity index (χ1v) is 7.14. The molecule has 108 valence electrons. The van der Waals surface area contributed by atoms with Crippen LogP contribution in [0.1, 0.15) is 16.7 Å². The van der Waals surface area contributed by atoms with Crippen LogP contribution in [-0.2, 0) is 13.2 Å². The Kier molecular flexibility index (Phi) is 5.46. The molecule has 0 heterocycles. The molecular formula is C16H14Cl2N2O. The summed E-state index contributed by atoms with van der Waals surface area (Å²) in [6, 6.07) is 12.9. The molecular weight excluding hydrogens is 307 g/mol. The van der Waals surface area contributed by atoms with E-state index >= 15 is 0 Å². The lowest BCUT2D eigenvalue weighted by molar-refractivity contribution is 0.302. The Balaban J connectivity index is 2.26. The number of nitrogens with zero attached hydrogens (tertiary/aromatic N) is 1. The van der Waals surface area contributed by atoms with Gasteiger partial charge >= 0.3 is 0 Å². The Morgan fingerprint density at radius 1 is 1.19 bits per heavy atom. The first-order chi connectivity index (χ1) is 10.2. The predicted octanol–water partition coefficient (Wildman–Crippen LogP) is 4.16. The number of nitrogens with one attached hydrogen (secondary N) is 1. The van der Waals surface area contributed by atoms with Crippen molar-refractivity contribution in [3.05, 3.63) is 63.1 Å². The van der Waals surface area contributed by atoms with Crippen LogP contribution in [0.2, 0.25) is 10.0 Å². The van der Waals surface area contributed by atoms with E-state index in [2.05, 4.69) is 11.4 Å². The van der Waals surface area contributed by atoms with Gasteiger partial charge in [0.1, 0.15) is 12.4 Å². The number of halogens is 2. The maximum Gasteiger partial charge on any atom is 0.142 e. The minimum atomic E-state index is 0.280. The van der Waals surface area contributed by atoms with Crippen molar-refractivity contribution in [2.24, 2.45) is 0 Å². The van der Waals surface area contributed by atoms with Crippen molar-refractivity contribution in [1.29, 1.82) is 5.26 Å². The van der Waals surface area contributed by atoms with Crippen molar-refractivity contribution < 1.29 is 4.74 Å². The Hall–Kier alpha value is -1.73. The van der Waals surface area contributed by atoms with Crippen LogP contribution in [0, 0.1) is 11.3 Å². The molecule has 1 N–H and O–H groups in total. The van der Waals surface area contributed by atoms with Crippen LogP contribution in [0.4, 0.5) is 0 Å². The first kappa shape index (κ1) is 15.7. The lowest BCUT2D eigenvalue weighted by Gasteiger charge is -2.14. The molecule has 0 fully saturated rings. The molecule has 3 nitrogen and oxygen atoms in total. The molecule has 0 aliphatic heterocycles. The van der Waals surface area contributed by atoms with Crippen molar-refractivity contribution in [1.82, 2.24) is 5.32 Å². The van der Waals surface area contributed by atoms with Gasteiger partial charge < -0.3 is 10.1 Å². The second-order valence-corrected chi connectivity index (χ2v) is 5.31. The first-order valence-electron chi connectivity index (χ1n) is 6.39. The minimum absolute atomic E-state index is 0.280. The number of rotatable bonds is 5. The van der Waals surface area contributed by atoms with Crippen LogP contribution < -0.4 is 10.1 Å². The minimum Gasteiger partial charge on any atom is -0.487 e. The molecule has 0 unspecified atom stereocenters. The van der Waals surface area contributed by atoms with E-state index in [0.29, 0.717) is 27.9 Å². The van der Waals surface area contributed by atoms with Gasteiger partial charge in [0.15, 0.2) is 0 Å². The van der Waals surface area contributed by atoms with Crippen molar-refractivity contribution >= 4 is 23.2 Å². The normalized spacial score (nSPS) is 10.2. The van der Waals surface area contributed by atoms with E-state index in [1.165, 1.54) is 0 Å². The van der Waals surface area contributed by atoms with Crippen LogP contribution in [0.25, 0.3) is 0 Å². The fourth-order valence-corrected chi connectivity index (χ4v) is 2.59. The van der Waals surface area contributed by atoms with Gasteiger partial charge in [0.05, 0.1) is 16.7 Å². The molecule has 0 spiro atoms. The monoisotopic (exact) mass is 320 g/mol. The summed E-state index contributed by atoms with van der Waals surface area (Å²) >= 11 is 12.2. The summed E-state index contributed by atoms with van der Waals surface area (Å²) in [7, 11) is 1.84. The lowest BCUT2D eigenvalue weighted by Crippen LogP contribution is -2.08. The number of nitriles is 1. The van der Waals surface area contributed by atoms with Crippen LogP contribution in [-0.4, -0.2) is 7.05 Å². The van der Waals surface area contributed by atoms with Gasteiger partial charge in [0.25, 0.3) is 0 Å². The molecule has 2 aromatic carbocycles. The number of benzene rings is 2. The maximum absolute atomic E-state index is 9.09. The number of ether oxygens (including phenoxy) is 1. The molecule has 0 aromatic heterocycles. The average molecular weight is 321 g/mol. The summed E-state index contributed by atoms with van der Waals surface area (Å²) < 4.78 is 5.82. The summed E-state index contributed by atoms with van der Waals surface area (Å²) in [6.07, 6.45) is 0. The highest BCUT2D eigenvalue weighted by molar-refractivity contribution is 6.35. The van der Waals surface area contributed by atoms with Gasteiger partial charge in [-0.3, -0.25) is 0 Å². The van der Waals surface area contributed by atoms with E-state index in [1.54, 1.807) is 12.1 Å². The fourth-order valence-electron chi connectivity index (χ4n) is 2.00. The zero-order valence-corrected chi connectivity index (χ0v) is 13.0. The van der Waals surface area contributed by atoms with Crippen LogP contribution in [0.15, 0.2) is 36.4 Å². The summed E-state index contributed by atoms with van der Waals surface area (Å²) in [6.45, 7) is 0.872. The number of hydrogen-bond donors (Lipinski definition) is 1. The summed E-state index contributed by atoms with van der Waals surface area (Å²) in [5.74, 6) is 0.586. The highest BCUT2D eigenvalue weighted by atomic mass is 35.5. The van der Waals surface area contributed by atoms with Crippen molar-refractivity contribution in [3.63, 3.8) is 0 Å². The van der Waals surface area contributed by atoms with E-state index in [9.17, 15) is 0 Å². The quantitative estimate of drug-likeness (QED) is 0.899. The second-order valence-electron chi connectivity index (χ2n) is 4.46. The summed E-state index contributed by atoms with van der Waals surface area (Å²) in [5.41, 5.74) is 2.30. The molecule has 0 aliphatic rings.